The molecule has 1 aliphatic heterocycles. The van der Waals surface area contributed by atoms with Gasteiger partial charge in [-0.25, -0.2) is 19.9 Å². The van der Waals surface area contributed by atoms with Crippen molar-refractivity contribution in [3.8, 4) is 11.5 Å². The highest BCUT2D eigenvalue weighted by molar-refractivity contribution is 5.90. The quantitative estimate of drug-likeness (QED) is 0.554. The van der Waals surface area contributed by atoms with Crippen LogP contribution < -0.4 is 10.6 Å². The highest BCUT2D eigenvalue weighted by Gasteiger charge is 2.26. The van der Waals surface area contributed by atoms with Crippen LogP contribution in [0.1, 0.15) is 36.7 Å². The number of hydrogen-bond acceptors (Lipinski definition) is 7. The highest BCUT2D eigenvalue weighted by atomic mass is 16.1. The maximum atomic E-state index is 11.5. The highest BCUT2D eigenvalue weighted by Crippen LogP contribution is 2.23. The summed E-state index contributed by atoms with van der Waals surface area (Å²) < 4.78 is 1.71. The van der Waals surface area contributed by atoms with Crippen LogP contribution in [0, 0.1) is 0 Å². The van der Waals surface area contributed by atoms with Crippen LogP contribution in [0.25, 0.3) is 17.2 Å². The third-order valence-electron chi connectivity index (χ3n) is 5.33. The van der Waals surface area contributed by atoms with Gasteiger partial charge in [-0.15, -0.1) is 0 Å². The number of amides is 2. The Labute approximate surface area is 173 Å². The van der Waals surface area contributed by atoms with E-state index in [-0.39, 0.29) is 11.7 Å². The van der Waals surface area contributed by atoms with Crippen molar-refractivity contribution < 1.29 is 9.59 Å². The van der Waals surface area contributed by atoms with Crippen LogP contribution in [-0.4, -0.2) is 67.2 Å². The number of primary amides is 1. The summed E-state index contributed by atoms with van der Waals surface area (Å²) in [6.07, 6.45) is 10.3. The van der Waals surface area contributed by atoms with Gasteiger partial charge in [0.25, 0.3) is 5.91 Å². The minimum atomic E-state index is -0.614. The molecule has 1 unspecified atom stereocenters. The van der Waals surface area contributed by atoms with Gasteiger partial charge in [-0.3, -0.25) is 14.0 Å². The van der Waals surface area contributed by atoms with Crippen molar-refractivity contribution in [2.75, 3.05) is 24.5 Å². The molecule has 1 saturated heterocycles. The molecule has 1 fully saturated rings. The number of carbonyl (C=O) groups excluding carboxylic acids is 2. The van der Waals surface area contributed by atoms with Gasteiger partial charge < -0.3 is 15.5 Å². The summed E-state index contributed by atoms with van der Waals surface area (Å²) in [5, 5.41) is 0. The number of rotatable bonds is 8. The molecule has 0 radical (unpaired) electrons. The van der Waals surface area contributed by atoms with Crippen molar-refractivity contribution in [1.82, 2.24) is 29.2 Å². The molecule has 4 rings (SSSR count). The molecule has 156 valence electrons. The maximum absolute atomic E-state index is 11.5. The first kappa shape index (κ1) is 19.7. The zero-order chi connectivity index (χ0) is 21.1. The standard InChI is InChI=1S/C20H24N8O2/c1-2-7-26(11-14-4-3-8-27(14)13-29)17-5-6-22-20(25-17)16-9-24-18-10-23-15(19(21)30)12-28(16)18/h5-6,9-10,12-14H,2-4,7-8,11H2,1H3,(H2,21,30). The van der Waals surface area contributed by atoms with E-state index in [2.05, 4.69) is 26.8 Å². The van der Waals surface area contributed by atoms with E-state index in [1.165, 1.54) is 6.20 Å². The van der Waals surface area contributed by atoms with E-state index in [0.29, 0.717) is 17.2 Å². The Bertz CT molecular complexity index is 1070. The van der Waals surface area contributed by atoms with E-state index in [9.17, 15) is 9.59 Å². The van der Waals surface area contributed by atoms with Crippen LogP contribution in [0.5, 0.6) is 0 Å². The number of nitrogens with two attached hydrogens (primary N) is 1. The third-order valence-corrected chi connectivity index (χ3v) is 5.33. The summed E-state index contributed by atoms with van der Waals surface area (Å²) in [4.78, 5) is 44.4. The van der Waals surface area contributed by atoms with Crippen LogP contribution in [0.3, 0.4) is 0 Å². The first-order valence-electron chi connectivity index (χ1n) is 10.0. The van der Waals surface area contributed by atoms with Crippen LogP contribution in [-0.2, 0) is 4.79 Å². The van der Waals surface area contributed by atoms with E-state index >= 15 is 0 Å². The Morgan fingerprint density at radius 2 is 2.20 bits per heavy atom. The summed E-state index contributed by atoms with van der Waals surface area (Å²) in [5.41, 5.74) is 6.71. The molecule has 2 amide bonds. The molecule has 10 heteroatoms. The molecule has 2 N–H and O–H groups in total. The van der Waals surface area contributed by atoms with Gasteiger partial charge in [0.05, 0.1) is 12.4 Å². The predicted octanol–water partition coefficient (Wildman–Crippen LogP) is 1.12. The van der Waals surface area contributed by atoms with Crippen molar-refractivity contribution in [3.05, 3.63) is 36.5 Å². The zero-order valence-corrected chi connectivity index (χ0v) is 16.8. The minimum Gasteiger partial charge on any atom is -0.364 e. The van der Waals surface area contributed by atoms with Gasteiger partial charge in [-0.1, -0.05) is 6.92 Å². The average molecular weight is 408 g/mol. The molecular formula is C20H24N8O2. The van der Waals surface area contributed by atoms with Gasteiger partial charge in [0, 0.05) is 38.1 Å². The monoisotopic (exact) mass is 408 g/mol. The smallest absolute Gasteiger partial charge is 0.268 e. The van der Waals surface area contributed by atoms with E-state index in [1.54, 1.807) is 23.0 Å². The fraction of sp³-hybridized carbons (Fsp3) is 0.400. The lowest BCUT2D eigenvalue weighted by molar-refractivity contribution is -0.118. The van der Waals surface area contributed by atoms with Crippen molar-refractivity contribution >= 4 is 23.8 Å². The number of imidazole rings is 1. The van der Waals surface area contributed by atoms with Gasteiger partial charge >= 0.3 is 0 Å². The Morgan fingerprint density at radius 3 is 2.97 bits per heavy atom. The number of aromatic nitrogens is 5. The lowest BCUT2D eigenvalue weighted by atomic mass is 10.2. The molecule has 1 atom stereocenters. The first-order valence-corrected chi connectivity index (χ1v) is 10.0. The molecule has 1 aliphatic rings. The summed E-state index contributed by atoms with van der Waals surface area (Å²) in [6.45, 7) is 4.47. The second kappa shape index (κ2) is 8.44. The molecular weight excluding hydrogens is 384 g/mol. The van der Waals surface area contributed by atoms with Crippen molar-refractivity contribution in [3.63, 3.8) is 0 Å². The lowest BCUT2D eigenvalue weighted by Gasteiger charge is -2.29. The van der Waals surface area contributed by atoms with E-state index < -0.39 is 5.91 Å². The molecule has 0 aliphatic carbocycles. The lowest BCUT2D eigenvalue weighted by Crippen LogP contribution is -2.40. The fourth-order valence-electron chi connectivity index (χ4n) is 3.85. The predicted molar refractivity (Wildman–Crippen MR) is 111 cm³/mol. The number of hydrogen-bond donors (Lipinski definition) is 1. The summed E-state index contributed by atoms with van der Waals surface area (Å²) in [7, 11) is 0. The van der Waals surface area contributed by atoms with E-state index in [4.69, 9.17) is 10.7 Å². The Hall–Kier alpha value is -3.56. The maximum Gasteiger partial charge on any atom is 0.268 e. The summed E-state index contributed by atoms with van der Waals surface area (Å²) >= 11 is 0. The van der Waals surface area contributed by atoms with Gasteiger partial charge in [-0.2, -0.15) is 0 Å². The second-order valence-corrected chi connectivity index (χ2v) is 7.33. The molecule has 10 nitrogen and oxygen atoms in total. The number of nitrogens with zero attached hydrogens (tertiary/aromatic N) is 7. The average Bonchev–Trinajstić information content (AvgIpc) is 3.39. The Morgan fingerprint density at radius 1 is 1.33 bits per heavy atom. The topological polar surface area (TPSA) is 123 Å². The summed E-state index contributed by atoms with van der Waals surface area (Å²) in [6, 6.07) is 2.06. The molecule has 3 aromatic heterocycles. The SMILES string of the molecule is CCCN(CC1CCCN1C=O)c1ccnc(-c2cnc3cnc(C(N)=O)cn23)n1. The molecule has 0 bridgehead atoms. The minimum absolute atomic E-state index is 0.140. The second-order valence-electron chi connectivity index (χ2n) is 7.33. The fourth-order valence-corrected chi connectivity index (χ4v) is 3.85. The first-order chi connectivity index (χ1) is 14.6. The van der Waals surface area contributed by atoms with Crippen LogP contribution >= 0.6 is 0 Å². The largest absolute Gasteiger partial charge is 0.364 e. The van der Waals surface area contributed by atoms with Crippen molar-refractivity contribution in [1.29, 1.82) is 0 Å². The molecule has 0 aromatic carbocycles. The van der Waals surface area contributed by atoms with Crippen LogP contribution in [0.2, 0.25) is 0 Å². The molecule has 0 spiro atoms. The van der Waals surface area contributed by atoms with Gasteiger partial charge in [0.2, 0.25) is 6.41 Å². The third kappa shape index (κ3) is 3.80. The number of likely N-dealkylation sites (tertiary alicyclic amines) is 1. The van der Waals surface area contributed by atoms with Crippen LogP contribution in [0.15, 0.2) is 30.9 Å². The van der Waals surface area contributed by atoms with E-state index in [1.807, 2.05) is 11.0 Å². The van der Waals surface area contributed by atoms with Gasteiger partial charge in [0.1, 0.15) is 17.2 Å². The van der Waals surface area contributed by atoms with Crippen molar-refractivity contribution in [2.24, 2.45) is 5.73 Å². The number of fused-ring (bicyclic) bond motifs is 1. The molecule has 0 saturated carbocycles. The van der Waals surface area contributed by atoms with Gasteiger partial charge in [0.15, 0.2) is 11.5 Å². The number of anilines is 1. The molecule has 4 heterocycles. The van der Waals surface area contributed by atoms with Gasteiger partial charge in [-0.05, 0) is 25.3 Å². The zero-order valence-electron chi connectivity index (χ0n) is 16.8. The normalized spacial score (nSPS) is 16.2. The Balaban J connectivity index is 1.67. The van der Waals surface area contributed by atoms with E-state index in [0.717, 1.165) is 51.1 Å². The summed E-state index contributed by atoms with van der Waals surface area (Å²) in [5.74, 6) is 0.664. The Kier molecular flexibility index (Phi) is 5.55. The number of carbonyl (C=O) groups is 2. The van der Waals surface area contributed by atoms with Crippen LogP contribution in [0.4, 0.5) is 5.82 Å². The van der Waals surface area contributed by atoms with Crippen molar-refractivity contribution in [2.45, 2.75) is 32.2 Å². The molecule has 3 aromatic rings. The molecule has 30 heavy (non-hydrogen) atoms.